The molecule has 0 aliphatic heterocycles. The summed E-state index contributed by atoms with van der Waals surface area (Å²) in [5, 5.41) is 0.545. The van der Waals surface area contributed by atoms with Crippen molar-refractivity contribution >= 4 is 28.2 Å². The van der Waals surface area contributed by atoms with Gasteiger partial charge in [0, 0.05) is 25.2 Å². The summed E-state index contributed by atoms with van der Waals surface area (Å²) in [6.07, 6.45) is -4.47. The number of hydrogen-bond acceptors (Lipinski definition) is 3. The van der Waals surface area contributed by atoms with E-state index in [9.17, 15) is 22.8 Å². The number of rotatable bonds is 2. The summed E-state index contributed by atoms with van der Waals surface area (Å²) >= 11 is 0. The Balaban J connectivity index is 2.07. The lowest BCUT2D eigenvalue weighted by molar-refractivity contribution is -0.137. The fourth-order valence-electron chi connectivity index (χ4n) is 2.89. The first-order valence-electron chi connectivity index (χ1n) is 7.95. The van der Waals surface area contributed by atoms with E-state index >= 15 is 0 Å². The van der Waals surface area contributed by atoms with Crippen molar-refractivity contribution in [1.82, 2.24) is 4.57 Å². The number of hydrogen-bond donors (Lipinski definition) is 1. The molecule has 0 fully saturated rings. The first-order valence-corrected chi connectivity index (χ1v) is 7.95. The van der Waals surface area contributed by atoms with Crippen molar-refractivity contribution in [2.45, 2.75) is 6.18 Å². The molecule has 0 unspecified atom stereocenters. The van der Waals surface area contributed by atoms with Gasteiger partial charge in [-0.1, -0.05) is 18.2 Å². The fraction of sp³-hybridized carbons (Fsp3) is 0.158. The van der Waals surface area contributed by atoms with E-state index < -0.39 is 23.2 Å². The van der Waals surface area contributed by atoms with Gasteiger partial charge in [-0.25, -0.2) is 0 Å². The van der Waals surface area contributed by atoms with Crippen LogP contribution in [0, 0.1) is 0 Å². The fourth-order valence-corrected chi connectivity index (χ4v) is 2.89. The number of carbonyl (C=O) groups is 1. The molecule has 0 aliphatic carbocycles. The Morgan fingerprint density at radius 3 is 2.26 bits per heavy atom. The maximum absolute atomic E-state index is 12.9. The van der Waals surface area contributed by atoms with E-state index in [1.54, 1.807) is 24.3 Å². The van der Waals surface area contributed by atoms with Gasteiger partial charge in [-0.05, 0) is 30.3 Å². The molecule has 5 nitrogen and oxygen atoms in total. The van der Waals surface area contributed by atoms with Crippen molar-refractivity contribution in [2.75, 3.05) is 17.7 Å². The number of carbonyl (C=O) groups excluding carboxylic acids is 1. The zero-order valence-corrected chi connectivity index (χ0v) is 14.5. The number of amides is 1. The van der Waals surface area contributed by atoms with Gasteiger partial charge in [0.05, 0.1) is 16.8 Å². The van der Waals surface area contributed by atoms with Crippen LogP contribution in [0.2, 0.25) is 0 Å². The summed E-state index contributed by atoms with van der Waals surface area (Å²) in [6.45, 7) is 0. The summed E-state index contributed by atoms with van der Waals surface area (Å²) in [7, 11) is 2.90. The molecule has 1 heterocycles. The second-order valence-electron chi connectivity index (χ2n) is 6.08. The van der Waals surface area contributed by atoms with E-state index in [-0.39, 0.29) is 16.9 Å². The third kappa shape index (κ3) is 3.14. The molecule has 27 heavy (non-hydrogen) atoms. The highest BCUT2D eigenvalue weighted by atomic mass is 19.4. The van der Waals surface area contributed by atoms with Gasteiger partial charge in [-0.3, -0.25) is 9.59 Å². The number of aromatic nitrogens is 1. The topological polar surface area (TPSA) is 68.3 Å². The van der Waals surface area contributed by atoms with E-state index in [1.807, 2.05) is 0 Å². The van der Waals surface area contributed by atoms with Gasteiger partial charge in [0.15, 0.2) is 0 Å². The molecular formula is C19H16F3N3O2. The van der Waals surface area contributed by atoms with Gasteiger partial charge in [-0.15, -0.1) is 0 Å². The zero-order valence-electron chi connectivity index (χ0n) is 14.5. The van der Waals surface area contributed by atoms with E-state index in [0.717, 1.165) is 17.0 Å². The minimum Gasteiger partial charge on any atom is -0.397 e. The average Bonchev–Trinajstić information content (AvgIpc) is 2.65. The standard InChI is InChI=1S/C19H16F3N3O2/c1-24(12-9-7-11(8-10-12)19(20,21)22)17(26)15-16(23)13-5-3-4-6-14(13)25(2)18(15)27/h3-10H,23H2,1-2H3. The van der Waals surface area contributed by atoms with Crippen LogP contribution >= 0.6 is 0 Å². The molecule has 0 saturated carbocycles. The number of anilines is 2. The van der Waals surface area contributed by atoms with Crippen LogP contribution in [0.5, 0.6) is 0 Å². The molecule has 2 N–H and O–H groups in total. The largest absolute Gasteiger partial charge is 0.416 e. The maximum Gasteiger partial charge on any atom is 0.416 e. The SMILES string of the molecule is CN(C(=O)c1c(N)c2ccccc2n(C)c1=O)c1ccc(C(F)(F)F)cc1. The number of nitrogens with two attached hydrogens (primary N) is 1. The van der Waals surface area contributed by atoms with Crippen molar-refractivity contribution in [2.24, 2.45) is 7.05 Å². The Morgan fingerprint density at radius 2 is 1.67 bits per heavy atom. The highest BCUT2D eigenvalue weighted by Crippen LogP contribution is 2.31. The smallest absolute Gasteiger partial charge is 0.397 e. The molecule has 3 aromatic rings. The molecule has 0 atom stereocenters. The van der Waals surface area contributed by atoms with Gasteiger partial charge >= 0.3 is 6.18 Å². The zero-order chi connectivity index (χ0) is 19.9. The first kappa shape index (κ1) is 18.5. The van der Waals surface area contributed by atoms with Gasteiger partial charge in [0.1, 0.15) is 5.56 Å². The number of aryl methyl sites for hydroxylation is 1. The molecule has 1 amide bonds. The van der Waals surface area contributed by atoms with Crippen LogP contribution in [0.25, 0.3) is 10.9 Å². The molecule has 2 aromatic carbocycles. The molecule has 0 radical (unpaired) electrons. The van der Waals surface area contributed by atoms with Gasteiger partial charge in [0.2, 0.25) is 0 Å². The predicted octanol–water partition coefficient (Wildman–Crippen LogP) is 3.42. The van der Waals surface area contributed by atoms with Crippen LogP contribution in [0.15, 0.2) is 53.3 Å². The van der Waals surface area contributed by atoms with E-state index in [4.69, 9.17) is 5.73 Å². The van der Waals surface area contributed by atoms with Crippen molar-refractivity contribution in [3.63, 3.8) is 0 Å². The Hall–Kier alpha value is -3.29. The van der Waals surface area contributed by atoms with Crippen molar-refractivity contribution in [1.29, 1.82) is 0 Å². The molecule has 0 saturated heterocycles. The number of nitrogens with zero attached hydrogens (tertiary/aromatic N) is 2. The van der Waals surface area contributed by atoms with Crippen molar-refractivity contribution in [3.05, 3.63) is 70.0 Å². The van der Waals surface area contributed by atoms with E-state index in [0.29, 0.717) is 10.9 Å². The second kappa shape index (κ2) is 6.46. The third-order valence-corrected chi connectivity index (χ3v) is 4.44. The Bertz CT molecular complexity index is 1090. The molecule has 0 aliphatic rings. The lowest BCUT2D eigenvalue weighted by atomic mass is 10.1. The summed E-state index contributed by atoms with van der Waals surface area (Å²) < 4.78 is 39.4. The molecule has 0 spiro atoms. The summed E-state index contributed by atoms with van der Waals surface area (Å²) in [5.74, 6) is -0.696. The van der Waals surface area contributed by atoms with Crippen LogP contribution in [0.1, 0.15) is 15.9 Å². The molecular weight excluding hydrogens is 359 g/mol. The van der Waals surface area contributed by atoms with Crippen molar-refractivity contribution in [3.8, 4) is 0 Å². The highest BCUT2D eigenvalue weighted by molar-refractivity contribution is 6.12. The first-order chi connectivity index (χ1) is 12.6. The lowest BCUT2D eigenvalue weighted by Crippen LogP contribution is -2.35. The molecule has 0 bridgehead atoms. The van der Waals surface area contributed by atoms with Crippen LogP contribution < -0.4 is 16.2 Å². The van der Waals surface area contributed by atoms with Gasteiger partial charge in [0.25, 0.3) is 11.5 Å². The van der Waals surface area contributed by atoms with Gasteiger partial charge < -0.3 is 15.2 Å². The van der Waals surface area contributed by atoms with Crippen LogP contribution in [-0.2, 0) is 13.2 Å². The monoisotopic (exact) mass is 375 g/mol. The second-order valence-corrected chi connectivity index (χ2v) is 6.08. The minimum absolute atomic E-state index is 0.0393. The number of fused-ring (bicyclic) bond motifs is 1. The summed E-state index contributed by atoms with van der Waals surface area (Å²) in [4.78, 5) is 26.6. The van der Waals surface area contributed by atoms with Gasteiger partial charge in [-0.2, -0.15) is 13.2 Å². The number of halogens is 3. The summed E-state index contributed by atoms with van der Waals surface area (Å²) in [5.41, 5.74) is 5.28. The number of nitrogen functional groups attached to an aromatic ring is 1. The highest BCUT2D eigenvalue weighted by Gasteiger charge is 2.30. The quantitative estimate of drug-likeness (QED) is 0.746. The van der Waals surface area contributed by atoms with Crippen LogP contribution in [0.4, 0.5) is 24.5 Å². The Morgan fingerprint density at radius 1 is 1.07 bits per heavy atom. The minimum atomic E-state index is -4.47. The normalized spacial score (nSPS) is 11.6. The molecule has 3 rings (SSSR count). The summed E-state index contributed by atoms with van der Waals surface area (Å²) in [6, 6.07) is 11.0. The average molecular weight is 375 g/mol. The number of pyridine rings is 1. The maximum atomic E-state index is 12.9. The molecule has 8 heteroatoms. The Labute approximate surface area is 152 Å². The van der Waals surface area contributed by atoms with E-state index in [2.05, 4.69) is 0 Å². The number of para-hydroxylation sites is 1. The molecule has 140 valence electrons. The third-order valence-electron chi connectivity index (χ3n) is 4.44. The van der Waals surface area contributed by atoms with E-state index in [1.165, 1.54) is 30.8 Å². The van der Waals surface area contributed by atoms with Crippen LogP contribution in [-0.4, -0.2) is 17.5 Å². The number of alkyl halides is 3. The Kier molecular flexibility index (Phi) is 4.43. The van der Waals surface area contributed by atoms with Crippen LogP contribution in [0.3, 0.4) is 0 Å². The predicted molar refractivity (Wildman–Crippen MR) is 97.8 cm³/mol. The number of benzene rings is 2. The van der Waals surface area contributed by atoms with Crippen molar-refractivity contribution < 1.29 is 18.0 Å². The molecule has 1 aromatic heterocycles. The lowest BCUT2D eigenvalue weighted by Gasteiger charge is -2.20.